The second-order valence-electron chi connectivity index (χ2n) is 4.39. The van der Waals surface area contributed by atoms with Gasteiger partial charge in [-0.25, -0.2) is 8.78 Å². The molecule has 0 bridgehead atoms. The van der Waals surface area contributed by atoms with E-state index in [1.807, 2.05) is 19.1 Å². The Bertz CT molecular complexity index is 572. The minimum atomic E-state index is -0.585. The first-order valence-electron chi connectivity index (χ1n) is 5.92. The van der Waals surface area contributed by atoms with Gasteiger partial charge in [-0.3, -0.25) is 16.3 Å². The van der Waals surface area contributed by atoms with Crippen LogP contribution < -0.4 is 11.3 Å². The number of halogens is 2. The zero-order valence-corrected chi connectivity index (χ0v) is 10.5. The number of hydrazine groups is 1. The van der Waals surface area contributed by atoms with Crippen LogP contribution in [-0.4, -0.2) is 4.98 Å². The molecule has 3 nitrogen and oxygen atoms in total. The Kier molecular flexibility index (Phi) is 4.19. The summed E-state index contributed by atoms with van der Waals surface area (Å²) in [6.07, 6.45) is 2.02. The van der Waals surface area contributed by atoms with Crippen molar-refractivity contribution in [2.75, 3.05) is 0 Å². The summed E-state index contributed by atoms with van der Waals surface area (Å²) in [7, 11) is 0. The van der Waals surface area contributed by atoms with Crippen LogP contribution in [0.2, 0.25) is 0 Å². The predicted molar refractivity (Wildman–Crippen MR) is 69.1 cm³/mol. The first kappa shape index (κ1) is 13.6. The van der Waals surface area contributed by atoms with E-state index >= 15 is 0 Å². The number of hydrogen-bond acceptors (Lipinski definition) is 3. The summed E-state index contributed by atoms with van der Waals surface area (Å²) in [4.78, 5) is 4.10. The lowest BCUT2D eigenvalue weighted by Gasteiger charge is -2.17. The van der Waals surface area contributed by atoms with E-state index in [0.29, 0.717) is 12.0 Å². The standard InChI is InChI=1S/C14H15F2N3/c1-9-6-11(4-5-18-9)14(19-17)7-10-2-3-12(15)8-13(10)16/h2-6,8,14,19H,7,17H2,1H3. The molecule has 1 aromatic carbocycles. The molecule has 0 fully saturated rings. The molecule has 0 amide bonds. The zero-order chi connectivity index (χ0) is 13.8. The van der Waals surface area contributed by atoms with Crippen molar-refractivity contribution in [2.45, 2.75) is 19.4 Å². The third kappa shape index (κ3) is 3.33. The van der Waals surface area contributed by atoms with Gasteiger partial charge in [0, 0.05) is 18.0 Å². The summed E-state index contributed by atoms with van der Waals surface area (Å²) in [6.45, 7) is 1.87. The molecule has 5 heteroatoms. The number of rotatable bonds is 4. The molecule has 1 heterocycles. The van der Waals surface area contributed by atoms with Crippen LogP contribution in [-0.2, 0) is 6.42 Å². The summed E-state index contributed by atoms with van der Waals surface area (Å²) in [5.41, 5.74) is 4.84. The van der Waals surface area contributed by atoms with Crippen molar-refractivity contribution in [3.8, 4) is 0 Å². The number of nitrogens with one attached hydrogen (secondary N) is 1. The zero-order valence-electron chi connectivity index (χ0n) is 10.5. The quantitative estimate of drug-likeness (QED) is 0.658. The van der Waals surface area contributed by atoms with Gasteiger partial charge < -0.3 is 0 Å². The molecule has 1 aromatic heterocycles. The van der Waals surface area contributed by atoms with Crippen LogP contribution in [0.25, 0.3) is 0 Å². The maximum atomic E-state index is 13.6. The number of benzene rings is 1. The van der Waals surface area contributed by atoms with Crippen molar-refractivity contribution in [3.05, 3.63) is 65.0 Å². The second-order valence-corrected chi connectivity index (χ2v) is 4.39. The molecule has 1 unspecified atom stereocenters. The highest BCUT2D eigenvalue weighted by molar-refractivity contribution is 5.25. The molecule has 2 rings (SSSR count). The summed E-state index contributed by atoms with van der Waals surface area (Å²) in [5, 5.41) is 0. The Morgan fingerprint density at radius 1 is 1.26 bits per heavy atom. The summed E-state index contributed by atoms with van der Waals surface area (Å²) in [6, 6.07) is 7.00. The Hall–Kier alpha value is -1.85. The highest BCUT2D eigenvalue weighted by Gasteiger charge is 2.14. The van der Waals surface area contributed by atoms with E-state index in [2.05, 4.69) is 10.4 Å². The van der Waals surface area contributed by atoms with Crippen molar-refractivity contribution < 1.29 is 8.78 Å². The van der Waals surface area contributed by atoms with Gasteiger partial charge in [0.15, 0.2) is 0 Å². The second kappa shape index (κ2) is 5.86. The number of pyridine rings is 1. The van der Waals surface area contributed by atoms with Crippen LogP contribution >= 0.6 is 0 Å². The Labute approximate surface area is 110 Å². The molecular weight excluding hydrogens is 248 g/mol. The van der Waals surface area contributed by atoms with Crippen LogP contribution in [0.15, 0.2) is 36.5 Å². The Balaban J connectivity index is 2.24. The topological polar surface area (TPSA) is 50.9 Å². The molecule has 2 aromatic rings. The highest BCUT2D eigenvalue weighted by atomic mass is 19.1. The smallest absolute Gasteiger partial charge is 0.129 e. The average molecular weight is 263 g/mol. The number of hydrogen-bond donors (Lipinski definition) is 2. The molecule has 0 saturated heterocycles. The van der Waals surface area contributed by atoms with Gasteiger partial charge in [-0.05, 0) is 42.7 Å². The van der Waals surface area contributed by atoms with Crippen molar-refractivity contribution in [3.63, 3.8) is 0 Å². The first-order valence-corrected chi connectivity index (χ1v) is 5.92. The van der Waals surface area contributed by atoms with E-state index in [1.54, 1.807) is 6.20 Å². The van der Waals surface area contributed by atoms with Gasteiger partial charge in [0.25, 0.3) is 0 Å². The number of aromatic nitrogens is 1. The molecule has 0 saturated carbocycles. The molecule has 3 N–H and O–H groups in total. The van der Waals surface area contributed by atoms with E-state index in [0.717, 1.165) is 17.3 Å². The molecule has 0 radical (unpaired) electrons. The maximum absolute atomic E-state index is 13.6. The van der Waals surface area contributed by atoms with Gasteiger partial charge in [0.05, 0.1) is 6.04 Å². The molecular formula is C14H15F2N3. The lowest BCUT2D eigenvalue weighted by Crippen LogP contribution is -2.30. The third-order valence-electron chi connectivity index (χ3n) is 2.96. The van der Waals surface area contributed by atoms with Crippen LogP contribution in [0, 0.1) is 18.6 Å². The van der Waals surface area contributed by atoms with E-state index in [1.165, 1.54) is 12.1 Å². The number of nitrogens with two attached hydrogens (primary N) is 1. The van der Waals surface area contributed by atoms with Crippen LogP contribution in [0.4, 0.5) is 8.78 Å². The Morgan fingerprint density at radius 2 is 2.05 bits per heavy atom. The van der Waals surface area contributed by atoms with Gasteiger partial charge in [0.2, 0.25) is 0 Å². The molecule has 1 atom stereocenters. The minimum absolute atomic E-state index is 0.248. The lowest BCUT2D eigenvalue weighted by atomic mass is 9.99. The van der Waals surface area contributed by atoms with E-state index in [-0.39, 0.29) is 6.04 Å². The molecule has 19 heavy (non-hydrogen) atoms. The minimum Gasteiger partial charge on any atom is -0.271 e. The molecule has 100 valence electrons. The fraction of sp³-hybridized carbons (Fsp3) is 0.214. The molecule has 0 aliphatic carbocycles. The maximum Gasteiger partial charge on any atom is 0.129 e. The molecule has 0 aliphatic rings. The van der Waals surface area contributed by atoms with Crippen molar-refractivity contribution >= 4 is 0 Å². The molecule has 0 aliphatic heterocycles. The van der Waals surface area contributed by atoms with Crippen LogP contribution in [0.5, 0.6) is 0 Å². The van der Waals surface area contributed by atoms with Gasteiger partial charge in [0.1, 0.15) is 11.6 Å². The summed E-state index contributed by atoms with van der Waals surface area (Å²) < 4.78 is 26.5. The highest BCUT2D eigenvalue weighted by Crippen LogP contribution is 2.20. The van der Waals surface area contributed by atoms with Gasteiger partial charge in [-0.1, -0.05) is 6.07 Å². The predicted octanol–water partition coefficient (Wildman–Crippen LogP) is 2.42. The van der Waals surface area contributed by atoms with Gasteiger partial charge >= 0.3 is 0 Å². The largest absolute Gasteiger partial charge is 0.271 e. The fourth-order valence-electron chi connectivity index (χ4n) is 1.96. The van der Waals surface area contributed by atoms with Crippen LogP contribution in [0.1, 0.15) is 22.9 Å². The summed E-state index contributed by atoms with van der Waals surface area (Å²) >= 11 is 0. The van der Waals surface area contributed by atoms with Gasteiger partial charge in [-0.15, -0.1) is 0 Å². The average Bonchev–Trinajstić information content (AvgIpc) is 2.38. The summed E-state index contributed by atoms with van der Waals surface area (Å²) in [5.74, 6) is 4.37. The van der Waals surface area contributed by atoms with Crippen molar-refractivity contribution in [1.29, 1.82) is 0 Å². The number of nitrogens with zero attached hydrogens (tertiary/aromatic N) is 1. The third-order valence-corrected chi connectivity index (χ3v) is 2.96. The fourth-order valence-corrected chi connectivity index (χ4v) is 1.96. The van der Waals surface area contributed by atoms with Crippen LogP contribution in [0.3, 0.4) is 0 Å². The first-order chi connectivity index (χ1) is 9.10. The molecule has 0 spiro atoms. The van der Waals surface area contributed by atoms with Crippen molar-refractivity contribution in [2.24, 2.45) is 5.84 Å². The van der Waals surface area contributed by atoms with E-state index < -0.39 is 11.6 Å². The van der Waals surface area contributed by atoms with Gasteiger partial charge in [-0.2, -0.15) is 0 Å². The van der Waals surface area contributed by atoms with E-state index in [4.69, 9.17) is 5.84 Å². The van der Waals surface area contributed by atoms with E-state index in [9.17, 15) is 8.78 Å². The SMILES string of the molecule is Cc1cc(C(Cc2ccc(F)cc2F)NN)ccn1. The monoisotopic (exact) mass is 263 g/mol. The van der Waals surface area contributed by atoms with Crippen molar-refractivity contribution in [1.82, 2.24) is 10.4 Å². The lowest BCUT2D eigenvalue weighted by molar-refractivity contribution is 0.521. The Morgan fingerprint density at radius 3 is 2.68 bits per heavy atom. The normalized spacial score (nSPS) is 12.4. The number of aryl methyl sites for hydroxylation is 1.